The summed E-state index contributed by atoms with van der Waals surface area (Å²) in [6.45, 7) is 7.77. The fourth-order valence-electron chi connectivity index (χ4n) is 3.47. The van der Waals surface area contributed by atoms with Crippen molar-refractivity contribution in [2.75, 3.05) is 6.54 Å². The standard InChI is InChI=1S/C23H27NO3S/c1-16(2)19-7-9-20(10-8-19)23-14-11-21(18(4)25)15-24(23)28(26,27)22-12-5-17(3)6-13-22/h5-13,16,23H,14-15H2,1-4H3. The van der Waals surface area contributed by atoms with Crippen molar-refractivity contribution in [3.8, 4) is 0 Å². The third-order valence-electron chi connectivity index (χ3n) is 5.33. The van der Waals surface area contributed by atoms with Gasteiger partial charge in [-0.1, -0.05) is 61.9 Å². The topological polar surface area (TPSA) is 54.5 Å². The molecule has 0 aliphatic carbocycles. The van der Waals surface area contributed by atoms with Gasteiger partial charge in [0.15, 0.2) is 5.78 Å². The van der Waals surface area contributed by atoms with Gasteiger partial charge in [-0.3, -0.25) is 4.79 Å². The van der Waals surface area contributed by atoms with Crippen LogP contribution < -0.4 is 0 Å². The van der Waals surface area contributed by atoms with Gasteiger partial charge in [-0.25, -0.2) is 8.42 Å². The van der Waals surface area contributed by atoms with E-state index in [0.717, 1.165) is 11.1 Å². The lowest BCUT2D eigenvalue weighted by atomic mass is 9.94. The van der Waals surface area contributed by atoms with Gasteiger partial charge in [0.1, 0.15) is 0 Å². The molecule has 0 radical (unpaired) electrons. The first-order valence-electron chi connectivity index (χ1n) is 9.58. The molecule has 0 saturated heterocycles. The van der Waals surface area contributed by atoms with Gasteiger partial charge in [0.2, 0.25) is 10.0 Å². The summed E-state index contributed by atoms with van der Waals surface area (Å²) in [5.74, 6) is 0.328. The van der Waals surface area contributed by atoms with E-state index in [1.807, 2.05) is 25.1 Å². The summed E-state index contributed by atoms with van der Waals surface area (Å²) in [4.78, 5) is 12.2. The molecule has 1 unspecified atom stereocenters. The lowest BCUT2D eigenvalue weighted by Crippen LogP contribution is -2.39. The Kier molecular flexibility index (Phi) is 5.87. The van der Waals surface area contributed by atoms with Crippen molar-refractivity contribution in [3.63, 3.8) is 0 Å². The molecule has 0 bridgehead atoms. The number of carbonyl (C=O) groups excluding carboxylic acids is 1. The van der Waals surface area contributed by atoms with Crippen LogP contribution >= 0.6 is 0 Å². The van der Waals surface area contributed by atoms with E-state index in [4.69, 9.17) is 0 Å². The van der Waals surface area contributed by atoms with E-state index in [1.165, 1.54) is 16.8 Å². The predicted octanol–water partition coefficient (Wildman–Crippen LogP) is 4.77. The quantitative estimate of drug-likeness (QED) is 0.730. The first kappa shape index (κ1) is 20.5. The average Bonchev–Trinajstić information content (AvgIpc) is 2.68. The minimum absolute atomic E-state index is 0.0855. The molecule has 28 heavy (non-hydrogen) atoms. The number of benzene rings is 2. The van der Waals surface area contributed by atoms with Crippen molar-refractivity contribution < 1.29 is 13.2 Å². The summed E-state index contributed by atoms with van der Waals surface area (Å²) in [5, 5.41) is 0. The first-order chi connectivity index (χ1) is 13.2. The van der Waals surface area contributed by atoms with Crippen LogP contribution in [0.15, 0.2) is 65.1 Å². The van der Waals surface area contributed by atoms with Gasteiger partial charge in [-0.15, -0.1) is 0 Å². The SMILES string of the molecule is CC(=O)C1=CCC(c2ccc(C(C)C)cc2)N(S(=O)(=O)c2ccc(C)cc2)C1. The van der Waals surface area contributed by atoms with Crippen molar-refractivity contribution in [2.24, 2.45) is 0 Å². The fraction of sp³-hybridized carbons (Fsp3) is 0.348. The van der Waals surface area contributed by atoms with Gasteiger partial charge in [0.05, 0.1) is 10.9 Å². The summed E-state index contributed by atoms with van der Waals surface area (Å²) in [6.07, 6.45) is 2.37. The van der Waals surface area contributed by atoms with Crippen LogP contribution in [0, 0.1) is 6.92 Å². The van der Waals surface area contributed by atoms with Crippen molar-refractivity contribution in [1.29, 1.82) is 0 Å². The minimum Gasteiger partial charge on any atom is -0.295 e. The average molecular weight is 398 g/mol. The van der Waals surface area contributed by atoms with Crippen molar-refractivity contribution in [2.45, 2.75) is 51.0 Å². The largest absolute Gasteiger partial charge is 0.295 e. The molecule has 0 spiro atoms. The van der Waals surface area contributed by atoms with Gasteiger partial charge in [0, 0.05) is 12.1 Å². The van der Waals surface area contributed by atoms with Crippen molar-refractivity contribution in [1.82, 2.24) is 4.31 Å². The Morgan fingerprint density at radius 2 is 1.64 bits per heavy atom. The second-order valence-electron chi connectivity index (χ2n) is 7.72. The summed E-state index contributed by atoms with van der Waals surface area (Å²) in [6, 6.07) is 14.7. The Bertz CT molecular complexity index is 987. The first-order valence-corrected chi connectivity index (χ1v) is 11.0. The summed E-state index contributed by atoms with van der Waals surface area (Å²) in [7, 11) is -3.73. The Morgan fingerprint density at radius 1 is 1.04 bits per heavy atom. The Labute approximate surface area is 167 Å². The molecule has 0 amide bonds. The number of Topliss-reactive ketones (excluding diaryl/α,β-unsaturated/α-hetero) is 1. The van der Waals surface area contributed by atoms with E-state index in [0.29, 0.717) is 17.9 Å². The molecule has 0 fully saturated rings. The molecule has 2 aromatic rings. The van der Waals surface area contributed by atoms with Crippen LogP contribution in [-0.2, 0) is 14.8 Å². The van der Waals surface area contributed by atoms with Crippen LogP contribution in [0.5, 0.6) is 0 Å². The summed E-state index contributed by atoms with van der Waals surface area (Å²) in [5.41, 5.74) is 3.71. The molecule has 0 N–H and O–H groups in total. The lowest BCUT2D eigenvalue weighted by Gasteiger charge is -2.34. The van der Waals surface area contributed by atoms with Crippen LogP contribution in [0.4, 0.5) is 0 Å². The van der Waals surface area contributed by atoms with Crippen molar-refractivity contribution >= 4 is 15.8 Å². The van der Waals surface area contributed by atoms with E-state index in [-0.39, 0.29) is 23.3 Å². The maximum absolute atomic E-state index is 13.4. The molecule has 1 aliphatic heterocycles. The number of sulfonamides is 1. The highest BCUT2D eigenvalue weighted by Gasteiger charge is 2.35. The van der Waals surface area contributed by atoms with Gasteiger partial charge < -0.3 is 0 Å². The molecule has 1 aliphatic rings. The molecular formula is C23H27NO3S. The van der Waals surface area contributed by atoms with Gasteiger partial charge >= 0.3 is 0 Å². The van der Waals surface area contributed by atoms with Gasteiger partial charge in [-0.05, 0) is 49.4 Å². The number of hydrogen-bond donors (Lipinski definition) is 0. The molecular weight excluding hydrogens is 370 g/mol. The highest BCUT2D eigenvalue weighted by Crippen LogP contribution is 2.35. The fourth-order valence-corrected chi connectivity index (χ4v) is 5.08. The van der Waals surface area contributed by atoms with E-state index < -0.39 is 10.0 Å². The monoisotopic (exact) mass is 397 g/mol. The van der Waals surface area contributed by atoms with E-state index in [2.05, 4.69) is 26.0 Å². The Hall–Kier alpha value is -2.24. The molecule has 0 aromatic heterocycles. The van der Waals surface area contributed by atoms with Crippen LogP contribution in [0.3, 0.4) is 0 Å². The predicted molar refractivity (Wildman–Crippen MR) is 112 cm³/mol. The maximum atomic E-state index is 13.4. The zero-order chi connectivity index (χ0) is 20.5. The Balaban J connectivity index is 2.03. The number of carbonyl (C=O) groups is 1. The van der Waals surface area contributed by atoms with E-state index in [1.54, 1.807) is 24.3 Å². The zero-order valence-corrected chi connectivity index (χ0v) is 17.7. The summed E-state index contributed by atoms with van der Waals surface area (Å²) < 4.78 is 28.3. The maximum Gasteiger partial charge on any atom is 0.243 e. The van der Waals surface area contributed by atoms with Crippen LogP contribution in [-0.4, -0.2) is 25.1 Å². The number of aryl methyl sites for hydroxylation is 1. The molecule has 148 valence electrons. The smallest absolute Gasteiger partial charge is 0.243 e. The van der Waals surface area contributed by atoms with Gasteiger partial charge in [0.25, 0.3) is 0 Å². The Morgan fingerprint density at radius 3 is 2.18 bits per heavy atom. The molecule has 1 atom stereocenters. The van der Waals surface area contributed by atoms with Crippen LogP contribution in [0.1, 0.15) is 55.8 Å². The molecule has 1 heterocycles. The molecule has 3 rings (SSSR count). The zero-order valence-electron chi connectivity index (χ0n) is 16.8. The highest BCUT2D eigenvalue weighted by atomic mass is 32.2. The third-order valence-corrected chi connectivity index (χ3v) is 7.20. The molecule has 4 nitrogen and oxygen atoms in total. The number of ketones is 1. The van der Waals surface area contributed by atoms with Crippen LogP contribution in [0.25, 0.3) is 0 Å². The van der Waals surface area contributed by atoms with Crippen LogP contribution in [0.2, 0.25) is 0 Å². The van der Waals surface area contributed by atoms with E-state index in [9.17, 15) is 13.2 Å². The number of nitrogens with zero attached hydrogens (tertiary/aromatic N) is 1. The second kappa shape index (κ2) is 8.02. The molecule has 2 aromatic carbocycles. The minimum atomic E-state index is -3.73. The number of hydrogen-bond acceptors (Lipinski definition) is 3. The normalized spacial score (nSPS) is 18.2. The summed E-state index contributed by atoms with van der Waals surface area (Å²) >= 11 is 0. The van der Waals surface area contributed by atoms with Crippen molar-refractivity contribution in [3.05, 3.63) is 76.9 Å². The van der Waals surface area contributed by atoms with E-state index >= 15 is 0 Å². The number of rotatable bonds is 5. The third kappa shape index (κ3) is 4.10. The van der Waals surface area contributed by atoms with Gasteiger partial charge in [-0.2, -0.15) is 4.31 Å². The molecule has 0 saturated carbocycles. The lowest BCUT2D eigenvalue weighted by molar-refractivity contribution is -0.113. The highest BCUT2D eigenvalue weighted by molar-refractivity contribution is 7.89. The second-order valence-corrected chi connectivity index (χ2v) is 9.61. The molecule has 5 heteroatoms.